The molecule has 0 heterocycles. The summed E-state index contributed by atoms with van der Waals surface area (Å²) in [6, 6.07) is 26.5. The Labute approximate surface area is 217 Å². The van der Waals surface area contributed by atoms with E-state index in [0.29, 0.717) is 29.3 Å². The Kier molecular flexibility index (Phi) is 7.70. The number of hydrogen-bond donors (Lipinski definition) is 2. The molecule has 8 nitrogen and oxygen atoms in total. The van der Waals surface area contributed by atoms with Gasteiger partial charge in [-0.05, 0) is 90.3 Å². The van der Waals surface area contributed by atoms with Gasteiger partial charge in [-0.25, -0.2) is 16.8 Å². The molecule has 0 saturated heterocycles. The highest BCUT2D eigenvalue weighted by atomic mass is 32.2. The van der Waals surface area contributed by atoms with E-state index in [-0.39, 0.29) is 9.79 Å². The molecule has 37 heavy (non-hydrogen) atoms. The van der Waals surface area contributed by atoms with Gasteiger partial charge in [-0.15, -0.1) is 0 Å². The van der Waals surface area contributed by atoms with Crippen LogP contribution in [0.5, 0.6) is 11.5 Å². The van der Waals surface area contributed by atoms with Crippen molar-refractivity contribution in [3.05, 3.63) is 108 Å². The summed E-state index contributed by atoms with van der Waals surface area (Å²) in [4.78, 5) is 0.278. The van der Waals surface area contributed by atoms with Crippen molar-refractivity contribution in [3.63, 3.8) is 0 Å². The molecule has 0 amide bonds. The Bertz CT molecular complexity index is 1430. The third kappa shape index (κ3) is 6.60. The lowest BCUT2D eigenvalue weighted by Crippen LogP contribution is -2.13. The molecule has 0 fully saturated rings. The van der Waals surface area contributed by atoms with E-state index in [1.807, 2.05) is 24.3 Å². The lowest BCUT2D eigenvalue weighted by Gasteiger charge is -2.11. The van der Waals surface area contributed by atoms with Crippen LogP contribution in [0.15, 0.2) is 107 Å². The fourth-order valence-electron chi connectivity index (χ4n) is 3.55. The van der Waals surface area contributed by atoms with Crippen LogP contribution in [0.2, 0.25) is 0 Å². The molecule has 0 aliphatic rings. The van der Waals surface area contributed by atoms with Gasteiger partial charge in [0.1, 0.15) is 11.5 Å². The van der Waals surface area contributed by atoms with Crippen LogP contribution >= 0.6 is 0 Å². The SMILES string of the molecule is COc1ccc(S(=O)(=O)Nc2ccc(Cc3ccc(NS(=O)(=O)c4ccc(OC)cc4)cc3)cc2)cc1. The Morgan fingerprint density at radius 2 is 0.838 bits per heavy atom. The number of rotatable bonds is 10. The van der Waals surface area contributed by atoms with Crippen molar-refractivity contribution in [1.82, 2.24) is 0 Å². The lowest BCUT2D eigenvalue weighted by atomic mass is 10.0. The molecule has 2 N–H and O–H groups in total. The van der Waals surface area contributed by atoms with Crippen molar-refractivity contribution in [2.45, 2.75) is 16.2 Å². The van der Waals surface area contributed by atoms with Gasteiger partial charge in [0, 0.05) is 11.4 Å². The van der Waals surface area contributed by atoms with Crippen LogP contribution in [-0.4, -0.2) is 31.1 Å². The summed E-state index contributed by atoms with van der Waals surface area (Å²) >= 11 is 0. The lowest BCUT2D eigenvalue weighted by molar-refractivity contribution is 0.414. The van der Waals surface area contributed by atoms with Gasteiger partial charge >= 0.3 is 0 Å². The molecule has 4 rings (SSSR count). The highest BCUT2D eigenvalue weighted by molar-refractivity contribution is 7.93. The molecule has 0 bridgehead atoms. The van der Waals surface area contributed by atoms with Gasteiger partial charge in [0.2, 0.25) is 0 Å². The number of ether oxygens (including phenoxy) is 2. The quantitative estimate of drug-likeness (QED) is 0.297. The molecule has 0 unspecified atom stereocenters. The van der Waals surface area contributed by atoms with E-state index in [2.05, 4.69) is 9.44 Å². The van der Waals surface area contributed by atoms with Gasteiger partial charge in [0.15, 0.2) is 0 Å². The summed E-state index contributed by atoms with van der Waals surface area (Å²) in [6.07, 6.45) is 0.594. The third-order valence-electron chi connectivity index (χ3n) is 5.56. The van der Waals surface area contributed by atoms with Crippen molar-refractivity contribution in [3.8, 4) is 11.5 Å². The molecule has 192 valence electrons. The van der Waals surface area contributed by atoms with Crippen LogP contribution in [0.1, 0.15) is 11.1 Å². The van der Waals surface area contributed by atoms with Crippen LogP contribution in [-0.2, 0) is 26.5 Å². The summed E-state index contributed by atoms with van der Waals surface area (Å²) in [5.41, 5.74) is 2.84. The molecule has 0 spiro atoms. The predicted octanol–water partition coefficient (Wildman–Crippen LogP) is 4.90. The Morgan fingerprint density at radius 3 is 1.14 bits per heavy atom. The Balaban J connectivity index is 1.37. The molecule has 0 aliphatic heterocycles. The van der Waals surface area contributed by atoms with E-state index in [9.17, 15) is 16.8 Å². The Hall–Kier alpha value is -4.02. The second-order valence-corrected chi connectivity index (χ2v) is 11.5. The molecule has 4 aromatic carbocycles. The summed E-state index contributed by atoms with van der Waals surface area (Å²) < 4.78 is 65.8. The summed E-state index contributed by atoms with van der Waals surface area (Å²) in [5.74, 6) is 1.15. The molecular formula is C27H26N2O6S2. The second-order valence-electron chi connectivity index (χ2n) is 8.13. The molecule has 0 aliphatic carbocycles. The van der Waals surface area contributed by atoms with Gasteiger partial charge in [-0.1, -0.05) is 24.3 Å². The molecular weight excluding hydrogens is 512 g/mol. The van der Waals surface area contributed by atoms with Gasteiger partial charge in [-0.2, -0.15) is 0 Å². The average Bonchev–Trinajstić information content (AvgIpc) is 2.90. The minimum absolute atomic E-state index is 0.139. The molecule has 0 aromatic heterocycles. The highest BCUT2D eigenvalue weighted by Crippen LogP contribution is 2.22. The predicted molar refractivity (Wildman–Crippen MR) is 143 cm³/mol. The first-order valence-electron chi connectivity index (χ1n) is 11.2. The summed E-state index contributed by atoms with van der Waals surface area (Å²) in [7, 11) is -4.41. The first-order valence-corrected chi connectivity index (χ1v) is 14.2. The van der Waals surface area contributed by atoms with Crippen molar-refractivity contribution >= 4 is 31.4 Å². The van der Waals surface area contributed by atoms with Crippen molar-refractivity contribution < 1.29 is 26.3 Å². The Morgan fingerprint density at radius 1 is 0.514 bits per heavy atom. The zero-order valence-electron chi connectivity index (χ0n) is 20.2. The van der Waals surface area contributed by atoms with Crippen LogP contribution in [0.4, 0.5) is 11.4 Å². The average molecular weight is 539 g/mol. The van der Waals surface area contributed by atoms with E-state index < -0.39 is 20.0 Å². The smallest absolute Gasteiger partial charge is 0.261 e. The van der Waals surface area contributed by atoms with E-state index in [1.54, 1.807) is 48.5 Å². The van der Waals surface area contributed by atoms with Gasteiger partial charge in [-0.3, -0.25) is 9.44 Å². The van der Waals surface area contributed by atoms with E-state index in [1.165, 1.54) is 38.5 Å². The maximum absolute atomic E-state index is 12.6. The minimum atomic E-state index is -3.72. The van der Waals surface area contributed by atoms with Gasteiger partial charge in [0.25, 0.3) is 20.0 Å². The van der Waals surface area contributed by atoms with Gasteiger partial charge < -0.3 is 9.47 Å². The maximum Gasteiger partial charge on any atom is 0.261 e. The van der Waals surface area contributed by atoms with Crippen LogP contribution in [0, 0.1) is 0 Å². The summed E-state index contributed by atoms with van der Waals surface area (Å²) in [5, 5.41) is 0. The van der Waals surface area contributed by atoms with E-state index in [0.717, 1.165) is 11.1 Å². The number of nitrogens with one attached hydrogen (secondary N) is 2. The number of methoxy groups -OCH3 is 2. The topological polar surface area (TPSA) is 111 Å². The normalized spacial score (nSPS) is 11.5. The fraction of sp³-hybridized carbons (Fsp3) is 0.111. The number of benzene rings is 4. The zero-order valence-corrected chi connectivity index (χ0v) is 21.8. The summed E-state index contributed by atoms with van der Waals surface area (Å²) in [6.45, 7) is 0. The van der Waals surface area contributed by atoms with Crippen molar-refractivity contribution in [1.29, 1.82) is 0 Å². The maximum atomic E-state index is 12.6. The first kappa shape index (κ1) is 26.1. The molecule has 4 aromatic rings. The monoisotopic (exact) mass is 538 g/mol. The third-order valence-corrected chi connectivity index (χ3v) is 8.35. The van der Waals surface area contributed by atoms with E-state index >= 15 is 0 Å². The number of anilines is 2. The van der Waals surface area contributed by atoms with Crippen molar-refractivity contribution in [2.24, 2.45) is 0 Å². The molecule has 0 saturated carbocycles. The first-order chi connectivity index (χ1) is 17.7. The minimum Gasteiger partial charge on any atom is -0.497 e. The molecule has 0 radical (unpaired) electrons. The molecule has 10 heteroatoms. The van der Waals surface area contributed by atoms with Crippen LogP contribution in [0.25, 0.3) is 0 Å². The zero-order chi connectivity index (χ0) is 26.5. The fourth-order valence-corrected chi connectivity index (χ4v) is 5.67. The molecule has 0 atom stereocenters. The standard InChI is InChI=1S/C27H26N2O6S2/c1-34-24-11-15-26(16-12-24)36(30,31)28-22-7-3-20(4-8-22)19-21-5-9-23(10-6-21)29-37(32,33)27-17-13-25(35-2)14-18-27/h3-18,28-29H,19H2,1-2H3. The highest BCUT2D eigenvalue weighted by Gasteiger charge is 2.15. The van der Waals surface area contributed by atoms with Crippen LogP contribution in [0.3, 0.4) is 0 Å². The van der Waals surface area contributed by atoms with Gasteiger partial charge in [0.05, 0.1) is 24.0 Å². The number of sulfonamides is 2. The second kappa shape index (κ2) is 10.9. The van der Waals surface area contributed by atoms with E-state index in [4.69, 9.17) is 9.47 Å². The number of hydrogen-bond acceptors (Lipinski definition) is 6. The van der Waals surface area contributed by atoms with Crippen LogP contribution < -0.4 is 18.9 Å². The largest absolute Gasteiger partial charge is 0.497 e. The van der Waals surface area contributed by atoms with Crippen molar-refractivity contribution in [2.75, 3.05) is 23.7 Å².